The Kier molecular flexibility index (Phi) is 15.7. The van der Waals surface area contributed by atoms with Gasteiger partial charge in [0, 0.05) is 32.4 Å². The summed E-state index contributed by atoms with van der Waals surface area (Å²) in [4.78, 5) is 28.7. The lowest BCUT2D eigenvalue weighted by Gasteiger charge is -2.02. The van der Waals surface area contributed by atoms with Crippen LogP contribution in [0.2, 0.25) is 0 Å². The number of nitrogens with zero attached hydrogens (tertiary/aromatic N) is 2. The summed E-state index contributed by atoms with van der Waals surface area (Å²) in [7, 11) is 0. The third-order valence-electron chi connectivity index (χ3n) is 5.74. The minimum absolute atomic E-state index is 0.0361. The molecule has 0 saturated heterocycles. The van der Waals surface area contributed by atoms with E-state index in [4.69, 9.17) is 0 Å². The standard InChI is InChI=1S/C28H42N4O2S2/c1-3-5-13-23-17-19-25(35-23)21-29-31-27(33)15-11-9-7-8-10-12-16-28(34)32-30-22-26-20-18-24(36-26)14-6-4-2/h17-22H,3-16H2,1-2H3,(H,31,33)(H,32,34)/b29-21-,30-22-. The van der Waals surface area contributed by atoms with Crippen molar-refractivity contribution in [2.24, 2.45) is 10.2 Å². The van der Waals surface area contributed by atoms with Crippen LogP contribution < -0.4 is 10.9 Å². The molecule has 0 fully saturated rings. The Hall–Kier alpha value is -2.32. The van der Waals surface area contributed by atoms with Gasteiger partial charge in [0.2, 0.25) is 11.8 Å². The highest BCUT2D eigenvalue weighted by Crippen LogP contribution is 2.18. The number of aryl methyl sites for hydroxylation is 2. The molecule has 0 radical (unpaired) electrons. The van der Waals surface area contributed by atoms with E-state index < -0.39 is 0 Å². The van der Waals surface area contributed by atoms with E-state index in [1.807, 2.05) is 0 Å². The number of amides is 2. The van der Waals surface area contributed by atoms with Crippen molar-refractivity contribution < 1.29 is 9.59 Å². The molecule has 6 nitrogen and oxygen atoms in total. The molecular formula is C28H42N4O2S2. The lowest BCUT2D eigenvalue weighted by molar-refractivity contribution is -0.122. The number of hydrazone groups is 2. The third-order valence-corrected chi connectivity index (χ3v) is 7.90. The second kappa shape index (κ2) is 18.9. The number of unbranched alkanes of at least 4 members (excludes halogenated alkanes) is 7. The van der Waals surface area contributed by atoms with E-state index in [0.717, 1.165) is 61.1 Å². The molecular weight excluding hydrogens is 488 g/mol. The largest absolute Gasteiger partial charge is 0.273 e. The van der Waals surface area contributed by atoms with Gasteiger partial charge >= 0.3 is 0 Å². The molecule has 2 heterocycles. The van der Waals surface area contributed by atoms with E-state index in [1.165, 1.54) is 35.4 Å². The summed E-state index contributed by atoms with van der Waals surface area (Å²) in [5, 5.41) is 8.16. The summed E-state index contributed by atoms with van der Waals surface area (Å²) >= 11 is 3.46. The summed E-state index contributed by atoms with van der Waals surface area (Å²) in [6, 6.07) is 8.38. The van der Waals surface area contributed by atoms with Crippen LogP contribution in [0.3, 0.4) is 0 Å². The average Bonchev–Trinajstić information content (AvgIpc) is 3.52. The van der Waals surface area contributed by atoms with Gasteiger partial charge in [0.15, 0.2) is 0 Å². The molecule has 2 rings (SSSR count). The molecule has 36 heavy (non-hydrogen) atoms. The molecule has 2 aromatic rings. The number of hydrogen-bond donors (Lipinski definition) is 2. The number of thiophene rings is 2. The highest BCUT2D eigenvalue weighted by molar-refractivity contribution is 7.14. The van der Waals surface area contributed by atoms with E-state index in [0.29, 0.717) is 12.8 Å². The molecule has 0 aliphatic heterocycles. The maximum Gasteiger partial charge on any atom is 0.240 e. The van der Waals surface area contributed by atoms with Crippen LogP contribution >= 0.6 is 22.7 Å². The van der Waals surface area contributed by atoms with E-state index in [2.05, 4.69) is 59.2 Å². The molecule has 0 aliphatic carbocycles. The lowest BCUT2D eigenvalue weighted by atomic mass is 10.1. The monoisotopic (exact) mass is 530 g/mol. The van der Waals surface area contributed by atoms with Crippen molar-refractivity contribution in [1.82, 2.24) is 10.9 Å². The summed E-state index contributed by atoms with van der Waals surface area (Å²) in [5.74, 6) is -0.0723. The van der Waals surface area contributed by atoms with Gasteiger partial charge in [-0.2, -0.15) is 10.2 Å². The quantitative estimate of drug-likeness (QED) is 0.114. The van der Waals surface area contributed by atoms with Crippen molar-refractivity contribution in [3.8, 4) is 0 Å². The van der Waals surface area contributed by atoms with Gasteiger partial charge < -0.3 is 0 Å². The first-order valence-corrected chi connectivity index (χ1v) is 15.0. The fraction of sp³-hybridized carbons (Fsp3) is 0.571. The van der Waals surface area contributed by atoms with Crippen molar-refractivity contribution in [2.75, 3.05) is 0 Å². The fourth-order valence-electron chi connectivity index (χ4n) is 3.62. The van der Waals surface area contributed by atoms with E-state index in [9.17, 15) is 9.59 Å². The molecule has 0 spiro atoms. The maximum atomic E-state index is 11.9. The number of carbonyl (C=O) groups excluding carboxylic acids is 2. The van der Waals surface area contributed by atoms with Crippen molar-refractivity contribution >= 4 is 46.9 Å². The Bertz CT molecular complexity index is 873. The highest BCUT2D eigenvalue weighted by atomic mass is 32.1. The maximum absolute atomic E-state index is 11.9. The molecule has 198 valence electrons. The molecule has 0 aromatic carbocycles. The van der Waals surface area contributed by atoms with Crippen molar-refractivity contribution in [3.63, 3.8) is 0 Å². The summed E-state index contributed by atoms with van der Waals surface area (Å²) in [5.41, 5.74) is 5.25. The molecule has 0 saturated carbocycles. The number of nitrogens with one attached hydrogen (secondary N) is 2. The van der Waals surface area contributed by atoms with Gasteiger partial charge in [0.05, 0.1) is 12.4 Å². The first kappa shape index (κ1) is 29.9. The van der Waals surface area contributed by atoms with Crippen molar-refractivity contribution in [2.45, 2.75) is 104 Å². The van der Waals surface area contributed by atoms with Gasteiger partial charge in [-0.1, -0.05) is 52.4 Å². The number of rotatable bonds is 19. The number of hydrogen-bond acceptors (Lipinski definition) is 6. The smallest absolute Gasteiger partial charge is 0.240 e. The van der Waals surface area contributed by atoms with E-state index in [-0.39, 0.29) is 11.8 Å². The third kappa shape index (κ3) is 13.7. The molecule has 0 aliphatic rings. The van der Waals surface area contributed by atoms with Gasteiger partial charge in [-0.3, -0.25) is 9.59 Å². The predicted octanol–water partition coefficient (Wildman–Crippen LogP) is 7.22. The van der Waals surface area contributed by atoms with Crippen LogP contribution in [0, 0.1) is 0 Å². The zero-order chi connectivity index (χ0) is 25.8. The summed E-state index contributed by atoms with van der Waals surface area (Å²) < 4.78 is 0. The van der Waals surface area contributed by atoms with Gasteiger partial charge in [0.25, 0.3) is 0 Å². The normalized spacial score (nSPS) is 11.5. The Labute approximate surface area is 224 Å². The molecule has 8 heteroatoms. The van der Waals surface area contributed by atoms with Gasteiger partial charge in [-0.05, 0) is 62.8 Å². The van der Waals surface area contributed by atoms with Crippen LogP contribution in [0.5, 0.6) is 0 Å². The predicted molar refractivity (Wildman–Crippen MR) is 154 cm³/mol. The van der Waals surface area contributed by atoms with Crippen LogP contribution in [-0.4, -0.2) is 24.2 Å². The average molecular weight is 531 g/mol. The van der Waals surface area contributed by atoms with Crippen molar-refractivity contribution in [3.05, 3.63) is 43.8 Å². The minimum atomic E-state index is -0.0361. The Morgan fingerprint density at radius 2 is 1.08 bits per heavy atom. The fourth-order valence-corrected chi connectivity index (χ4v) is 5.48. The van der Waals surface area contributed by atoms with Crippen LogP contribution in [0.25, 0.3) is 0 Å². The zero-order valence-corrected chi connectivity index (χ0v) is 23.5. The molecule has 0 unspecified atom stereocenters. The molecule has 2 aromatic heterocycles. The molecule has 0 bridgehead atoms. The highest BCUT2D eigenvalue weighted by Gasteiger charge is 2.03. The SMILES string of the molecule is CCCCc1ccc(/C=N\NC(=O)CCCCCCCCC(=O)N/N=C\c2ccc(CCCC)s2)s1. The molecule has 2 amide bonds. The first-order valence-electron chi connectivity index (χ1n) is 13.4. The van der Waals surface area contributed by atoms with Gasteiger partial charge in [0.1, 0.15) is 0 Å². The van der Waals surface area contributed by atoms with Crippen LogP contribution in [0.1, 0.15) is 110 Å². The zero-order valence-electron chi connectivity index (χ0n) is 21.9. The second-order valence-electron chi connectivity index (χ2n) is 9.02. The second-order valence-corrected chi connectivity index (χ2v) is 11.4. The van der Waals surface area contributed by atoms with Crippen LogP contribution in [0.4, 0.5) is 0 Å². The first-order chi connectivity index (χ1) is 17.6. The molecule has 0 atom stereocenters. The lowest BCUT2D eigenvalue weighted by Crippen LogP contribution is -2.17. The van der Waals surface area contributed by atoms with E-state index >= 15 is 0 Å². The molecule has 2 N–H and O–H groups in total. The summed E-state index contributed by atoms with van der Waals surface area (Å²) in [6.45, 7) is 4.39. The van der Waals surface area contributed by atoms with Gasteiger partial charge in [-0.15, -0.1) is 22.7 Å². The number of carbonyl (C=O) groups is 2. The Balaban J connectivity index is 1.43. The Morgan fingerprint density at radius 1 is 0.667 bits per heavy atom. The minimum Gasteiger partial charge on any atom is -0.273 e. The van der Waals surface area contributed by atoms with E-state index in [1.54, 1.807) is 35.1 Å². The summed E-state index contributed by atoms with van der Waals surface area (Å²) in [6.07, 6.45) is 17.4. The topological polar surface area (TPSA) is 82.9 Å². The van der Waals surface area contributed by atoms with Gasteiger partial charge in [-0.25, -0.2) is 10.9 Å². The van der Waals surface area contributed by atoms with Crippen LogP contribution in [-0.2, 0) is 22.4 Å². The van der Waals surface area contributed by atoms with Crippen molar-refractivity contribution in [1.29, 1.82) is 0 Å². The van der Waals surface area contributed by atoms with Crippen LogP contribution in [0.15, 0.2) is 34.5 Å². The Morgan fingerprint density at radius 3 is 1.50 bits per heavy atom.